The summed E-state index contributed by atoms with van der Waals surface area (Å²) in [6.07, 6.45) is 1.45. The van der Waals surface area contributed by atoms with E-state index < -0.39 is 0 Å². The van der Waals surface area contributed by atoms with Crippen molar-refractivity contribution in [2.75, 3.05) is 14.2 Å². The Morgan fingerprint density at radius 2 is 1.85 bits per heavy atom. The Labute approximate surface area is 118 Å². The summed E-state index contributed by atoms with van der Waals surface area (Å²) in [5.41, 5.74) is 4.51. The fraction of sp³-hybridized carbons (Fsp3) is 0.267. The molecule has 0 spiro atoms. The lowest BCUT2D eigenvalue weighted by molar-refractivity contribution is 0.0653. The van der Waals surface area contributed by atoms with Crippen molar-refractivity contribution in [3.63, 3.8) is 0 Å². The molecule has 0 bridgehead atoms. The molecule has 0 aliphatic heterocycles. The number of benzene rings is 1. The standard InChI is InChI=1S/C15H19N3O2/c1-19-12-9-6-10-17-13(12)14(18-16)15(20-2)11-7-4-3-5-8-11/h3-10,14-15,18H,16H2,1-2H3. The van der Waals surface area contributed by atoms with Crippen LogP contribution in [-0.2, 0) is 4.74 Å². The maximum atomic E-state index is 5.72. The van der Waals surface area contributed by atoms with Gasteiger partial charge < -0.3 is 9.47 Å². The van der Waals surface area contributed by atoms with Gasteiger partial charge in [0.2, 0.25) is 0 Å². The van der Waals surface area contributed by atoms with E-state index in [4.69, 9.17) is 15.3 Å². The van der Waals surface area contributed by atoms with Crippen molar-refractivity contribution in [2.24, 2.45) is 5.84 Å². The van der Waals surface area contributed by atoms with Crippen molar-refractivity contribution < 1.29 is 9.47 Å². The second kappa shape index (κ2) is 7.00. The van der Waals surface area contributed by atoms with Gasteiger partial charge in [-0.1, -0.05) is 30.3 Å². The smallest absolute Gasteiger partial charge is 0.142 e. The highest BCUT2D eigenvalue weighted by Crippen LogP contribution is 2.34. The maximum absolute atomic E-state index is 5.72. The SMILES string of the molecule is COc1cccnc1C(NN)C(OC)c1ccccc1. The molecule has 5 nitrogen and oxygen atoms in total. The van der Waals surface area contributed by atoms with E-state index in [1.54, 1.807) is 20.4 Å². The number of hydrogen-bond donors (Lipinski definition) is 2. The van der Waals surface area contributed by atoms with E-state index in [2.05, 4.69) is 10.4 Å². The third-order valence-electron chi connectivity index (χ3n) is 3.18. The number of methoxy groups -OCH3 is 2. The van der Waals surface area contributed by atoms with Crippen molar-refractivity contribution in [1.82, 2.24) is 10.4 Å². The van der Waals surface area contributed by atoms with Crippen molar-refractivity contribution in [2.45, 2.75) is 12.1 Å². The van der Waals surface area contributed by atoms with Crippen molar-refractivity contribution in [3.05, 3.63) is 59.9 Å². The number of hydrazine groups is 1. The fourth-order valence-electron chi connectivity index (χ4n) is 2.23. The summed E-state index contributed by atoms with van der Waals surface area (Å²) in [5, 5.41) is 0. The van der Waals surface area contributed by atoms with Crippen LogP contribution in [-0.4, -0.2) is 19.2 Å². The zero-order valence-corrected chi connectivity index (χ0v) is 11.6. The van der Waals surface area contributed by atoms with E-state index >= 15 is 0 Å². The van der Waals surface area contributed by atoms with Crippen molar-refractivity contribution in [1.29, 1.82) is 0 Å². The second-order valence-electron chi connectivity index (χ2n) is 4.30. The van der Waals surface area contributed by atoms with Crippen LogP contribution in [0.15, 0.2) is 48.7 Å². The highest BCUT2D eigenvalue weighted by Gasteiger charge is 2.27. The van der Waals surface area contributed by atoms with Crippen LogP contribution < -0.4 is 16.0 Å². The molecule has 2 aromatic rings. The van der Waals surface area contributed by atoms with Crippen LogP contribution >= 0.6 is 0 Å². The zero-order chi connectivity index (χ0) is 14.4. The predicted octanol–water partition coefficient (Wildman–Crippen LogP) is 1.98. The van der Waals surface area contributed by atoms with Gasteiger partial charge >= 0.3 is 0 Å². The summed E-state index contributed by atoms with van der Waals surface area (Å²) in [6, 6.07) is 13.2. The summed E-state index contributed by atoms with van der Waals surface area (Å²) in [6.45, 7) is 0. The van der Waals surface area contributed by atoms with Crippen LogP contribution in [0.5, 0.6) is 5.75 Å². The number of pyridine rings is 1. The molecule has 0 saturated carbocycles. The van der Waals surface area contributed by atoms with E-state index in [0.717, 1.165) is 5.56 Å². The molecular formula is C15H19N3O2. The molecule has 0 radical (unpaired) electrons. The van der Waals surface area contributed by atoms with E-state index in [1.165, 1.54) is 0 Å². The summed E-state index contributed by atoms with van der Waals surface area (Å²) >= 11 is 0. The third kappa shape index (κ3) is 2.96. The maximum Gasteiger partial charge on any atom is 0.142 e. The fourth-order valence-corrected chi connectivity index (χ4v) is 2.23. The Bertz CT molecular complexity index is 534. The van der Waals surface area contributed by atoms with Gasteiger partial charge in [-0.3, -0.25) is 10.8 Å². The second-order valence-corrected chi connectivity index (χ2v) is 4.30. The molecule has 3 N–H and O–H groups in total. The lowest BCUT2D eigenvalue weighted by atomic mass is 9.99. The first-order chi connectivity index (χ1) is 9.81. The molecule has 2 unspecified atom stereocenters. The molecule has 5 heteroatoms. The molecule has 0 aliphatic rings. The molecule has 0 amide bonds. The van der Waals surface area contributed by atoms with Gasteiger partial charge in [-0.05, 0) is 17.7 Å². The third-order valence-corrected chi connectivity index (χ3v) is 3.18. The summed E-state index contributed by atoms with van der Waals surface area (Å²) < 4.78 is 11.0. The number of nitrogens with two attached hydrogens (primary N) is 1. The molecule has 2 atom stereocenters. The monoisotopic (exact) mass is 273 g/mol. The summed E-state index contributed by atoms with van der Waals surface area (Å²) in [5.74, 6) is 6.39. The Hall–Kier alpha value is -1.95. The summed E-state index contributed by atoms with van der Waals surface area (Å²) in [4.78, 5) is 4.37. The number of nitrogens with zero attached hydrogens (tertiary/aromatic N) is 1. The number of ether oxygens (including phenoxy) is 2. The van der Waals surface area contributed by atoms with Crippen LogP contribution in [0.25, 0.3) is 0 Å². The number of hydrogen-bond acceptors (Lipinski definition) is 5. The van der Waals surface area contributed by atoms with Gasteiger partial charge in [0.05, 0.1) is 13.2 Å². The van der Waals surface area contributed by atoms with Gasteiger partial charge in [-0.25, -0.2) is 5.43 Å². The van der Waals surface area contributed by atoms with E-state index in [1.807, 2.05) is 42.5 Å². The molecule has 0 aliphatic carbocycles. The van der Waals surface area contributed by atoms with Crippen LogP contribution in [0.2, 0.25) is 0 Å². The van der Waals surface area contributed by atoms with E-state index in [9.17, 15) is 0 Å². The minimum absolute atomic E-state index is 0.259. The largest absolute Gasteiger partial charge is 0.495 e. The molecule has 1 aromatic carbocycles. The van der Waals surface area contributed by atoms with Gasteiger partial charge in [-0.2, -0.15) is 0 Å². The lowest BCUT2D eigenvalue weighted by Crippen LogP contribution is -2.34. The van der Waals surface area contributed by atoms with Gasteiger partial charge in [0.25, 0.3) is 0 Å². The number of nitrogens with one attached hydrogen (secondary N) is 1. The quantitative estimate of drug-likeness (QED) is 0.622. The minimum atomic E-state index is -0.307. The van der Waals surface area contributed by atoms with Crippen LogP contribution in [0.3, 0.4) is 0 Å². The molecular weight excluding hydrogens is 254 g/mol. The van der Waals surface area contributed by atoms with E-state index in [0.29, 0.717) is 11.4 Å². The zero-order valence-electron chi connectivity index (χ0n) is 11.6. The Morgan fingerprint density at radius 3 is 2.45 bits per heavy atom. The van der Waals surface area contributed by atoms with Crippen LogP contribution in [0.4, 0.5) is 0 Å². The molecule has 2 rings (SSSR count). The normalized spacial score (nSPS) is 13.8. The topological polar surface area (TPSA) is 69.4 Å². The van der Waals surface area contributed by atoms with Gasteiger partial charge in [0, 0.05) is 13.3 Å². The van der Waals surface area contributed by atoms with Crippen LogP contribution in [0, 0.1) is 0 Å². The average molecular weight is 273 g/mol. The van der Waals surface area contributed by atoms with Gasteiger partial charge in [0.1, 0.15) is 17.5 Å². The Kier molecular flexibility index (Phi) is 5.06. The first kappa shape index (κ1) is 14.5. The minimum Gasteiger partial charge on any atom is -0.495 e. The first-order valence-electron chi connectivity index (χ1n) is 6.34. The lowest BCUT2D eigenvalue weighted by Gasteiger charge is -2.26. The molecule has 0 saturated heterocycles. The van der Waals surface area contributed by atoms with Gasteiger partial charge in [0.15, 0.2) is 0 Å². The molecule has 20 heavy (non-hydrogen) atoms. The highest BCUT2D eigenvalue weighted by molar-refractivity contribution is 5.32. The molecule has 1 aromatic heterocycles. The van der Waals surface area contributed by atoms with Crippen molar-refractivity contribution in [3.8, 4) is 5.75 Å². The molecule has 0 fully saturated rings. The van der Waals surface area contributed by atoms with Gasteiger partial charge in [-0.15, -0.1) is 0 Å². The van der Waals surface area contributed by atoms with Crippen LogP contribution in [0.1, 0.15) is 23.4 Å². The Balaban J connectivity index is 2.39. The number of rotatable bonds is 6. The van der Waals surface area contributed by atoms with Crippen molar-refractivity contribution >= 4 is 0 Å². The number of aromatic nitrogens is 1. The predicted molar refractivity (Wildman–Crippen MR) is 77.0 cm³/mol. The summed E-state index contributed by atoms with van der Waals surface area (Å²) in [7, 11) is 3.26. The van der Waals surface area contributed by atoms with E-state index in [-0.39, 0.29) is 12.1 Å². The molecule has 106 valence electrons. The first-order valence-corrected chi connectivity index (χ1v) is 6.34. The highest BCUT2D eigenvalue weighted by atomic mass is 16.5. The average Bonchev–Trinajstić information content (AvgIpc) is 2.53. The molecule has 1 heterocycles. The Morgan fingerprint density at radius 1 is 1.10 bits per heavy atom.